The maximum atomic E-state index is 12.6. The van der Waals surface area contributed by atoms with E-state index in [1.54, 1.807) is 43.3 Å². The van der Waals surface area contributed by atoms with E-state index in [0.29, 0.717) is 29.1 Å². The average molecular weight is 360 g/mol. The third-order valence-electron chi connectivity index (χ3n) is 3.51. The van der Waals surface area contributed by atoms with Gasteiger partial charge in [-0.1, -0.05) is 12.1 Å². The zero-order valence-electron chi connectivity index (χ0n) is 14.1. The summed E-state index contributed by atoms with van der Waals surface area (Å²) in [5, 5.41) is 2.64. The van der Waals surface area contributed by atoms with Crippen molar-refractivity contribution < 1.29 is 17.9 Å². The lowest BCUT2D eigenvalue weighted by molar-refractivity contribution is 0.0957. The summed E-state index contributed by atoms with van der Waals surface area (Å²) >= 11 is 0. The largest absolute Gasteiger partial charge is 0.497 e. The Balaban J connectivity index is 2.29. The highest BCUT2D eigenvalue weighted by Gasteiger charge is 2.18. The summed E-state index contributed by atoms with van der Waals surface area (Å²) in [6.07, 6.45) is 1.55. The van der Waals surface area contributed by atoms with E-state index in [1.807, 2.05) is 0 Å². The summed E-state index contributed by atoms with van der Waals surface area (Å²) in [4.78, 5) is 12.2. The molecule has 2 N–H and O–H groups in total. The first kappa shape index (κ1) is 18.5. The van der Waals surface area contributed by atoms with E-state index >= 15 is 0 Å². The zero-order valence-corrected chi connectivity index (χ0v) is 14.9. The minimum absolute atomic E-state index is 0.0117. The second-order valence-electron chi connectivity index (χ2n) is 5.31. The predicted octanol–water partition coefficient (Wildman–Crippen LogP) is 2.72. The van der Waals surface area contributed by atoms with Gasteiger partial charge in [0.25, 0.3) is 15.9 Å². The van der Waals surface area contributed by atoms with Crippen LogP contribution in [0.15, 0.2) is 60.0 Å². The molecular weight excluding hydrogens is 340 g/mol. The van der Waals surface area contributed by atoms with E-state index in [1.165, 1.54) is 19.2 Å². The maximum absolute atomic E-state index is 12.6. The molecule has 0 saturated heterocycles. The van der Waals surface area contributed by atoms with Crippen LogP contribution in [-0.4, -0.2) is 28.0 Å². The van der Waals surface area contributed by atoms with E-state index in [9.17, 15) is 13.2 Å². The minimum atomic E-state index is -3.82. The van der Waals surface area contributed by atoms with Crippen molar-refractivity contribution in [3.63, 3.8) is 0 Å². The van der Waals surface area contributed by atoms with Crippen LogP contribution < -0.4 is 14.8 Å². The fourth-order valence-corrected chi connectivity index (χ4v) is 3.23. The van der Waals surface area contributed by atoms with E-state index < -0.39 is 10.0 Å². The molecule has 2 aromatic carbocycles. The second kappa shape index (κ2) is 7.85. The van der Waals surface area contributed by atoms with Crippen LogP contribution in [0, 0.1) is 6.92 Å². The van der Waals surface area contributed by atoms with Gasteiger partial charge < -0.3 is 10.1 Å². The number of amides is 1. The number of anilines is 1. The molecule has 2 aromatic rings. The summed E-state index contributed by atoms with van der Waals surface area (Å²) in [6.45, 7) is 5.59. The quantitative estimate of drug-likeness (QED) is 0.744. The molecule has 0 aliphatic carbocycles. The lowest BCUT2D eigenvalue weighted by Gasteiger charge is -2.11. The van der Waals surface area contributed by atoms with Gasteiger partial charge in [-0.05, 0) is 48.9 Å². The van der Waals surface area contributed by atoms with Crippen LogP contribution in [-0.2, 0) is 10.0 Å². The molecular formula is C18H20N2O4S. The Hall–Kier alpha value is -2.80. The Bertz CT molecular complexity index is 874. The van der Waals surface area contributed by atoms with Crippen LogP contribution in [0.3, 0.4) is 0 Å². The molecule has 0 aliphatic rings. The van der Waals surface area contributed by atoms with Gasteiger partial charge in [-0.2, -0.15) is 0 Å². The fourth-order valence-electron chi connectivity index (χ4n) is 2.15. The first-order chi connectivity index (χ1) is 11.9. The van der Waals surface area contributed by atoms with Crippen molar-refractivity contribution in [2.45, 2.75) is 11.8 Å². The topological polar surface area (TPSA) is 84.5 Å². The standard InChI is InChI=1S/C18H20N2O4S/c1-4-11-19-18(21)17-12-16(10-5-13(17)2)25(22,23)20-14-6-8-15(24-3)9-7-14/h4-10,12,20H,1,11H2,2-3H3,(H,19,21). The van der Waals surface area contributed by atoms with Crippen LogP contribution in [0.25, 0.3) is 0 Å². The van der Waals surface area contributed by atoms with Crippen molar-refractivity contribution in [2.24, 2.45) is 0 Å². The van der Waals surface area contributed by atoms with Gasteiger partial charge in [-0.3, -0.25) is 9.52 Å². The lowest BCUT2D eigenvalue weighted by Crippen LogP contribution is -2.24. The van der Waals surface area contributed by atoms with Crippen molar-refractivity contribution in [3.8, 4) is 5.75 Å². The Morgan fingerprint density at radius 2 is 1.88 bits per heavy atom. The average Bonchev–Trinajstić information content (AvgIpc) is 2.60. The number of carbonyl (C=O) groups excluding carboxylic acids is 1. The molecule has 1 amide bonds. The Morgan fingerprint density at radius 3 is 2.48 bits per heavy atom. The van der Waals surface area contributed by atoms with Gasteiger partial charge >= 0.3 is 0 Å². The molecule has 25 heavy (non-hydrogen) atoms. The number of rotatable bonds is 7. The SMILES string of the molecule is C=CCNC(=O)c1cc(S(=O)(=O)Nc2ccc(OC)cc2)ccc1C. The third kappa shape index (κ3) is 4.60. The van der Waals surface area contributed by atoms with Gasteiger partial charge in [0.1, 0.15) is 5.75 Å². The normalized spacial score (nSPS) is 10.8. The number of hydrogen-bond donors (Lipinski definition) is 2. The van der Waals surface area contributed by atoms with E-state index in [-0.39, 0.29) is 10.8 Å². The summed E-state index contributed by atoms with van der Waals surface area (Å²) < 4.78 is 32.7. The summed E-state index contributed by atoms with van der Waals surface area (Å²) in [5.41, 5.74) is 1.39. The maximum Gasteiger partial charge on any atom is 0.261 e. The second-order valence-corrected chi connectivity index (χ2v) is 6.99. The van der Waals surface area contributed by atoms with Crippen molar-refractivity contribution in [1.82, 2.24) is 5.32 Å². The van der Waals surface area contributed by atoms with Crippen LogP contribution in [0.1, 0.15) is 15.9 Å². The van der Waals surface area contributed by atoms with Crippen LogP contribution in [0.4, 0.5) is 5.69 Å². The van der Waals surface area contributed by atoms with E-state index in [0.717, 1.165) is 0 Å². The smallest absolute Gasteiger partial charge is 0.261 e. The fraction of sp³-hybridized carbons (Fsp3) is 0.167. The number of carbonyl (C=O) groups is 1. The molecule has 0 aromatic heterocycles. The molecule has 132 valence electrons. The number of benzene rings is 2. The van der Waals surface area contributed by atoms with Crippen molar-refractivity contribution in [1.29, 1.82) is 0 Å². The molecule has 0 saturated carbocycles. The highest BCUT2D eigenvalue weighted by atomic mass is 32.2. The van der Waals surface area contributed by atoms with E-state index in [2.05, 4.69) is 16.6 Å². The first-order valence-corrected chi connectivity index (χ1v) is 9.02. The number of hydrogen-bond acceptors (Lipinski definition) is 4. The number of methoxy groups -OCH3 is 1. The van der Waals surface area contributed by atoms with Crippen LogP contribution in [0.5, 0.6) is 5.75 Å². The molecule has 0 fully saturated rings. The molecule has 0 atom stereocenters. The Labute approximate surface area is 147 Å². The molecule has 6 nitrogen and oxygen atoms in total. The third-order valence-corrected chi connectivity index (χ3v) is 4.89. The Kier molecular flexibility index (Phi) is 5.82. The van der Waals surface area contributed by atoms with Gasteiger partial charge in [0.05, 0.1) is 12.0 Å². The predicted molar refractivity (Wildman–Crippen MR) is 97.5 cm³/mol. The van der Waals surface area contributed by atoms with Gasteiger partial charge in [0.15, 0.2) is 0 Å². The highest BCUT2D eigenvalue weighted by Crippen LogP contribution is 2.21. The van der Waals surface area contributed by atoms with Gasteiger partial charge in [0.2, 0.25) is 0 Å². The van der Waals surface area contributed by atoms with Gasteiger partial charge in [0, 0.05) is 17.8 Å². The van der Waals surface area contributed by atoms with Crippen LogP contribution >= 0.6 is 0 Å². The first-order valence-electron chi connectivity index (χ1n) is 7.54. The molecule has 0 radical (unpaired) electrons. The molecule has 0 heterocycles. The molecule has 0 spiro atoms. The summed E-state index contributed by atoms with van der Waals surface area (Å²) in [6, 6.07) is 10.9. The summed E-state index contributed by atoms with van der Waals surface area (Å²) in [5.74, 6) is 0.276. The number of nitrogens with one attached hydrogen (secondary N) is 2. The lowest BCUT2D eigenvalue weighted by atomic mass is 10.1. The van der Waals surface area contributed by atoms with E-state index in [4.69, 9.17) is 4.74 Å². The van der Waals surface area contributed by atoms with Gasteiger partial charge in [-0.25, -0.2) is 8.42 Å². The van der Waals surface area contributed by atoms with Crippen molar-refractivity contribution in [3.05, 3.63) is 66.2 Å². The number of sulfonamides is 1. The number of ether oxygens (including phenoxy) is 1. The van der Waals surface area contributed by atoms with Gasteiger partial charge in [-0.15, -0.1) is 6.58 Å². The number of aryl methyl sites for hydroxylation is 1. The van der Waals surface area contributed by atoms with Crippen LogP contribution in [0.2, 0.25) is 0 Å². The molecule has 0 bridgehead atoms. The van der Waals surface area contributed by atoms with Crippen molar-refractivity contribution >= 4 is 21.6 Å². The summed E-state index contributed by atoms with van der Waals surface area (Å²) in [7, 11) is -2.29. The molecule has 2 rings (SSSR count). The highest BCUT2D eigenvalue weighted by molar-refractivity contribution is 7.92. The monoisotopic (exact) mass is 360 g/mol. The molecule has 7 heteroatoms. The van der Waals surface area contributed by atoms with Crippen molar-refractivity contribution in [2.75, 3.05) is 18.4 Å². The Morgan fingerprint density at radius 1 is 1.20 bits per heavy atom. The minimum Gasteiger partial charge on any atom is -0.497 e. The zero-order chi connectivity index (χ0) is 18.4. The molecule has 0 unspecified atom stereocenters. The molecule has 0 aliphatic heterocycles.